The molecule has 0 N–H and O–H groups in total. The van der Waals surface area contributed by atoms with Gasteiger partial charge in [0.2, 0.25) is 0 Å². The zero-order valence-electron chi connectivity index (χ0n) is 22.4. The van der Waals surface area contributed by atoms with Crippen molar-refractivity contribution in [2.24, 2.45) is 0 Å². The molecule has 0 aliphatic heterocycles. The first-order valence-corrected chi connectivity index (χ1v) is 15.3. The SMILES string of the molecule is CN(CCCCCCl)CCCCCCCCCCCCCCCCN(C)CCCCCCl.Cl. The lowest BCUT2D eigenvalue weighted by Gasteiger charge is -2.16. The van der Waals surface area contributed by atoms with Crippen molar-refractivity contribution in [3.8, 4) is 0 Å². The van der Waals surface area contributed by atoms with E-state index in [0.29, 0.717) is 0 Å². The highest BCUT2D eigenvalue weighted by Gasteiger charge is 2.00. The monoisotopic (exact) mass is 528 g/mol. The minimum atomic E-state index is 0. The van der Waals surface area contributed by atoms with Crippen molar-refractivity contribution >= 4 is 35.6 Å². The average Bonchev–Trinajstić information content (AvgIpc) is 2.79. The number of hydrogen-bond acceptors (Lipinski definition) is 2. The molecule has 0 atom stereocenters. The molecule has 2 nitrogen and oxygen atoms in total. The fourth-order valence-corrected chi connectivity index (χ4v) is 4.79. The van der Waals surface area contributed by atoms with E-state index in [2.05, 4.69) is 23.9 Å². The Labute approximate surface area is 225 Å². The maximum absolute atomic E-state index is 5.73. The number of alkyl halides is 2. The highest BCUT2D eigenvalue weighted by Crippen LogP contribution is 2.13. The van der Waals surface area contributed by atoms with Crippen LogP contribution in [-0.2, 0) is 0 Å². The summed E-state index contributed by atoms with van der Waals surface area (Å²) in [6.45, 7) is 5.02. The summed E-state index contributed by atoms with van der Waals surface area (Å²) in [5.41, 5.74) is 0. The van der Waals surface area contributed by atoms with Gasteiger partial charge in [-0.1, -0.05) is 89.9 Å². The van der Waals surface area contributed by atoms with Gasteiger partial charge in [0.05, 0.1) is 0 Å². The molecule has 0 bridgehead atoms. The summed E-state index contributed by atoms with van der Waals surface area (Å²) in [5.74, 6) is 1.64. The van der Waals surface area contributed by atoms with Gasteiger partial charge >= 0.3 is 0 Å². The largest absolute Gasteiger partial charge is 0.306 e. The fourth-order valence-electron chi connectivity index (χ4n) is 4.41. The normalized spacial score (nSPS) is 11.5. The van der Waals surface area contributed by atoms with Crippen LogP contribution < -0.4 is 0 Å². The van der Waals surface area contributed by atoms with Crippen LogP contribution in [0.1, 0.15) is 128 Å². The topological polar surface area (TPSA) is 6.48 Å². The predicted octanol–water partition coefficient (Wildman–Crippen LogP) is 9.55. The first kappa shape index (κ1) is 35.9. The minimum Gasteiger partial charge on any atom is -0.306 e. The van der Waals surface area contributed by atoms with E-state index in [1.165, 1.54) is 155 Å². The highest BCUT2D eigenvalue weighted by molar-refractivity contribution is 6.18. The lowest BCUT2D eigenvalue weighted by molar-refractivity contribution is 0.315. The molecule has 0 aliphatic carbocycles. The first-order chi connectivity index (χ1) is 15.7. The van der Waals surface area contributed by atoms with Gasteiger partial charge in [-0.25, -0.2) is 0 Å². The molecule has 5 heteroatoms. The molecule has 202 valence electrons. The van der Waals surface area contributed by atoms with Gasteiger partial charge in [-0.2, -0.15) is 0 Å². The molecule has 0 aromatic rings. The zero-order valence-corrected chi connectivity index (χ0v) is 24.8. The van der Waals surface area contributed by atoms with Crippen LogP contribution in [0.3, 0.4) is 0 Å². The Morgan fingerprint density at radius 1 is 0.333 bits per heavy atom. The van der Waals surface area contributed by atoms with Crippen LogP contribution >= 0.6 is 35.6 Å². The quantitative estimate of drug-likeness (QED) is 0.0771. The summed E-state index contributed by atoms with van der Waals surface area (Å²) in [5, 5.41) is 0. The Balaban J connectivity index is 0. The van der Waals surface area contributed by atoms with Crippen molar-refractivity contribution in [3.05, 3.63) is 0 Å². The minimum absolute atomic E-state index is 0. The standard InChI is InChI=1S/C28H58Cl2N2.ClH/c1-31(27-21-15-17-23-29)25-19-13-11-9-7-5-3-4-6-8-10-12-14-20-26-32(2)28-22-16-18-24-30;/h3-28H2,1-2H3;1H. The van der Waals surface area contributed by atoms with Crippen LogP contribution in [0.15, 0.2) is 0 Å². The lowest BCUT2D eigenvalue weighted by Crippen LogP contribution is -2.20. The molecule has 0 unspecified atom stereocenters. The highest BCUT2D eigenvalue weighted by atomic mass is 35.5. The molecule has 0 fully saturated rings. The van der Waals surface area contributed by atoms with Crippen LogP contribution in [0.4, 0.5) is 0 Å². The van der Waals surface area contributed by atoms with Gasteiger partial charge in [-0.05, 0) is 78.8 Å². The Morgan fingerprint density at radius 2 is 0.515 bits per heavy atom. The molecule has 33 heavy (non-hydrogen) atoms. The molecule has 0 amide bonds. The van der Waals surface area contributed by atoms with E-state index in [9.17, 15) is 0 Å². The maximum Gasteiger partial charge on any atom is 0.0223 e. The summed E-state index contributed by atoms with van der Waals surface area (Å²) in [4.78, 5) is 5.00. The molecule has 0 aromatic carbocycles. The van der Waals surface area contributed by atoms with Crippen molar-refractivity contribution in [3.63, 3.8) is 0 Å². The fraction of sp³-hybridized carbons (Fsp3) is 1.00. The van der Waals surface area contributed by atoms with E-state index in [1.807, 2.05) is 0 Å². The Hall–Kier alpha value is 0.790. The van der Waals surface area contributed by atoms with Gasteiger partial charge in [0.1, 0.15) is 0 Å². The number of unbranched alkanes of at least 4 members (excludes halogenated alkanes) is 17. The van der Waals surface area contributed by atoms with E-state index in [0.717, 1.165) is 11.8 Å². The molecule has 0 radical (unpaired) electrons. The van der Waals surface area contributed by atoms with E-state index in [-0.39, 0.29) is 12.4 Å². The number of rotatable bonds is 27. The van der Waals surface area contributed by atoms with Crippen molar-refractivity contribution < 1.29 is 0 Å². The molecule has 0 aliphatic rings. The smallest absolute Gasteiger partial charge is 0.0223 e. The van der Waals surface area contributed by atoms with Gasteiger partial charge in [-0.3, -0.25) is 0 Å². The van der Waals surface area contributed by atoms with Crippen LogP contribution in [0.25, 0.3) is 0 Å². The second kappa shape index (κ2) is 30.8. The third-order valence-corrected chi connectivity index (χ3v) is 7.21. The summed E-state index contributed by atoms with van der Waals surface area (Å²) in [6.07, 6.45) is 27.6. The average molecular weight is 530 g/mol. The van der Waals surface area contributed by atoms with Gasteiger partial charge < -0.3 is 9.80 Å². The number of hydrogen-bond donors (Lipinski definition) is 0. The summed E-state index contributed by atoms with van der Waals surface area (Å²) >= 11 is 11.5. The first-order valence-electron chi connectivity index (χ1n) is 14.2. The van der Waals surface area contributed by atoms with E-state index in [1.54, 1.807) is 0 Å². The lowest BCUT2D eigenvalue weighted by atomic mass is 10.0. The Kier molecular flexibility index (Phi) is 33.6. The molecule has 0 aromatic heterocycles. The molecule has 0 spiro atoms. The molecular formula is C28H59Cl3N2. The van der Waals surface area contributed by atoms with Gasteiger partial charge in [-0.15, -0.1) is 35.6 Å². The van der Waals surface area contributed by atoms with E-state index >= 15 is 0 Å². The van der Waals surface area contributed by atoms with Crippen molar-refractivity contribution in [2.45, 2.75) is 128 Å². The third kappa shape index (κ3) is 30.8. The van der Waals surface area contributed by atoms with Crippen molar-refractivity contribution in [2.75, 3.05) is 52.0 Å². The number of nitrogens with zero attached hydrogens (tertiary/aromatic N) is 2. The Morgan fingerprint density at radius 3 is 0.727 bits per heavy atom. The van der Waals surface area contributed by atoms with Gasteiger partial charge in [0.25, 0.3) is 0 Å². The van der Waals surface area contributed by atoms with Crippen molar-refractivity contribution in [1.82, 2.24) is 9.80 Å². The molecule has 0 rings (SSSR count). The second-order valence-electron chi connectivity index (χ2n) is 10.1. The molecular weight excluding hydrogens is 471 g/mol. The molecule has 0 heterocycles. The summed E-state index contributed by atoms with van der Waals surface area (Å²) < 4.78 is 0. The third-order valence-electron chi connectivity index (χ3n) is 6.68. The van der Waals surface area contributed by atoms with Crippen LogP contribution in [0.5, 0.6) is 0 Å². The molecule has 0 saturated heterocycles. The second-order valence-corrected chi connectivity index (χ2v) is 10.8. The predicted molar refractivity (Wildman–Crippen MR) is 156 cm³/mol. The van der Waals surface area contributed by atoms with Crippen molar-refractivity contribution in [1.29, 1.82) is 0 Å². The van der Waals surface area contributed by atoms with Crippen LogP contribution in [0, 0.1) is 0 Å². The summed E-state index contributed by atoms with van der Waals surface area (Å²) in [6, 6.07) is 0. The van der Waals surface area contributed by atoms with E-state index < -0.39 is 0 Å². The maximum atomic E-state index is 5.73. The van der Waals surface area contributed by atoms with Gasteiger partial charge in [0.15, 0.2) is 0 Å². The van der Waals surface area contributed by atoms with Gasteiger partial charge in [0, 0.05) is 11.8 Å². The number of halogens is 3. The zero-order chi connectivity index (χ0) is 23.5. The van der Waals surface area contributed by atoms with Crippen LogP contribution in [-0.4, -0.2) is 61.8 Å². The molecule has 0 saturated carbocycles. The van der Waals surface area contributed by atoms with E-state index in [4.69, 9.17) is 23.2 Å². The van der Waals surface area contributed by atoms with Crippen LogP contribution in [0.2, 0.25) is 0 Å². The Bertz CT molecular complexity index is 313. The summed E-state index contributed by atoms with van der Waals surface area (Å²) in [7, 11) is 4.54.